The summed E-state index contributed by atoms with van der Waals surface area (Å²) in [6.45, 7) is 5.66. The number of ether oxygens (including phenoxy) is 1. The molecule has 0 spiro atoms. The van der Waals surface area contributed by atoms with E-state index < -0.39 is 0 Å². The van der Waals surface area contributed by atoms with Gasteiger partial charge in [0.15, 0.2) is 0 Å². The molecule has 1 aromatic carbocycles. The number of piperidine rings is 1. The summed E-state index contributed by atoms with van der Waals surface area (Å²) in [5, 5.41) is 3.07. The normalized spacial score (nSPS) is 19.7. The number of nitrogens with zero attached hydrogens (tertiary/aromatic N) is 2. The number of pyridine rings is 1. The molecule has 0 radical (unpaired) electrons. The molecular weight excluding hydrogens is 369 g/mol. The first-order valence-electron chi connectivity index (χ1n) is 10.4. The van der Waals surface area contributed by atoms with Crippen LogP contribution in [0, 0.1) is 17.7 Å². The van der Waals surface area contributed by atoms with Crippen molar-refractivity contribution in [2.45, 2.75) is 32.7 Å². The fourth-order valence-electron chi connectivity index (χ4n) is 3.79. The van der Waals surface area contributed by atoms with Gasteiger partial charge in [0.05, 0.1) is 12.5 Å². The van der Waals surface area contributed by atoms with Crippen molar-refractivity contribution in [1.82, 2.24) is 15.2 Å². The molecule has 1 aliphatic heterocycles. The predicted molar refractivity (Wildman–Crippen MR) is 111 cm³/mol. The van der Waals surface area contributed by atoms with Crippen molar-refractivity contribution >= 4 is 5.91 Å². The standard InChI is InChI=1S/C23H30FN3O2/c1-2-3-9-26-23(28)20-12-19(17-29-22-6-4-5-21(24)13-22)15-27(16-20)14-18-7-10-25-11-8-18/h4-8,10-11,13,19-20H,2-3,9,12,14-17H2,1H3,(H,26,28)/t19-,20+/m0/s1. The second-order valence-electron chi connectivity index (χ2n) is 7.76. The van der Waals surface area contributed by atoms with E-state index in [9.17, 15) is 9.18 Å². The molecule has 2 atom stereocenters. The molecule has 2 aromatic rings. The maximum atomic E-state index is 13.4. The predicted octanol–water partition coefficient (Wildman–Crippen LogP) is 3.65. The van der Waals surface area contributed by atoms with E-state index in [1.165, 1.54) is 17.7 Å². The summed E-state index contributed by atoms with van der Waals surface area (Å²) in [5.74, 6) is 0.479. The Kier molecular flexibility index (Phi) is 7.99. The first-order chi connectivity index (χ1) is 14.1. The van der Waals surface area contributed by atoms with Crippen LogP contribution < -0.4 is 10.1 Å². The zero-order valence-electron chi connectivity index (χ0n) is 17.0. The summed E-state index contributed by atoms with van der Waals surface area (Å²) in [7, 11) is 0. The summed E-state index contributed by atoms with van der Waals surface area (Å²) >= 11 is 0. The van der Waals surface area contributed by atoms with Gasteiger partial charge in [-0.3, -0.25) is 14.7 Å². The molecule has 1 fully saturated rings. The number of carbonyl (C=O) groups excluding carboxylic acids is 1. The topological polar surface area (TPSA) is 54.5 Å². The molecular formula is C23H30FN3O2. The largest absolute Gasteiger partial charge is 0.493 e. The van der Waals surface area contributed by atoms with Crippen LogP contribution in [0.15, 0.2) is 48.8 Å². The van der Waals surface area contributed by atoms with E-state index in [4.69, 9.17) is 4.74 Å². The van der Waals surface area contributed by atoms with Gasteiger partial charge in [0, 0.05) is 50.6 Å². The van der Waals surface area contributed by atoms with Crippen LogP contribution in [0.4, 0.5) is 4.39 Å². The number of amides is 1. The Morgan fingerprint density at radius 3 is 2.86 bits per heavy atom. The van der Waals surface area contributed by atoms with Gasteiger partial charge < -0.3 is 10.1 Å². The SMILES string of the molecule is CCCCNC(=O)[C@@H]1C[C@H](COc2cccc(F)c2)CN(Cc2ccncc2)C1. The van der Waals surface area contributed by atoms with E-state index in [1.54, 1.807) is 24.5 Å². The number of hydrogen-bond acceptors (Lipinski definition) is 4. The zero-order valence-corrected chi connectivity index (χ0v) is 17.0. The van der Waals surface area contributed by atoms with E-state index in [0.717, 1.165) is 45.4 Å². The molecule has 1 N–H and O–H groups in total. The Hall–Kier alpha value is -2.47. The molecule has 1 aliphatic rings. The van der Waals surface area contributed by atoms with Gasteiger partial charge in [0.2, 0.25) is 5.91 Å². The Balaban J connectivity index is 1.63. The molecule has 3 rings (SSSR count). The van der Waals surface area contributed by atoms with Crippen molar-refractivity contribution in [3.8, 4) is 5.75 Å². The summed E-state index contributed by atoms with van der Waals surface area (Å²) in [5.41, 5.74) is 1.18. The molecule has 2 heterocycles. The number of benzene rings is 1. The Morgan fingerprint density at radius 1 is 1.28 bits per heavy atom. The molecule has 156 valence electrons. The third-order valence-electron chi connectivity index (χ3n) is 5.25. The fourth-order valence-corrected chi connectivity index (χ4v) is 3.79. The second-order valence-corrected chi connectivity index (χ2v) is 7.76. The van der Waals surface area contributed by atoms with Gasteiger partial charge in [-0.2, -0.15) is 0 Å². The first-order valence-corrected chi connectivity index (χ1v) is 10.4. The third kappa shape index (κ3) is 6.82. The lowest BCUT2D eigenvalue weighted by Gasteiger charge is -2.37. The Labute approximate surface area is 172 Å². The summed E-state index contributed by atoms with van der Waals surface area (Å²) < 4.78 is 19.2. The average molecular weight is 400 g/mol. The third-order valence-corrected chi connectivity index (χ3v) is 5.25. The van der Waals surface area contributed by atoms with Crippen molar-refractivity contribution in [3.63, 3.8) is 0 Å². The van der Waals surface area contributed by atoms with Crippen molar-refractivity contribution in [2.75, 3.05) is 26.2 Å². The molecule has 1 saturated heterocycles. The number of nitrogens with one attached hydrogen (secondary N) is 1. The maximum Gasteiger partial charge on any atom is 0.224 e. The molecule has 1 aromatic heterocycles. The number of rotatable bonds is 9. The van der Waals surface area contributed by atoms with E-state index in [1.807, 2.05) is 12.1 Å². The van der Waals surface area contributed by atoms with Gasteiger partial charge in [0.1, 0.15) is 11.6 Å². The minimum absolute atomic E-state index is 0.0662. The molecule has 6 heteroatoms. The van der Waals surface area contributed by atoms with Gasteiger partial charge in [-0.25, -0.2) is 4.39 Å². The van der Waals surface area contributed by atoms with Gasteiger partial charge in [-0.1, -0.05) is 19.4 Å². The Morgan fingerprint density at radius 2 is 2.10 bits per heavy atom. The molecule has 0 bridgehead atoms. The number of carbonyl (C=O) groups is 1. The number of halogens is 1. The molecule has 0 unspecified atom stereocenters. The molecule has 29 heavy (non-hydrogen) atoms. The lowest BCUT2D eigenvalue weighted by molar-refractivity contribution is -0.127. The number of hydrogen-bond donors (Lipinski definition) is 1. The highest BCUT2D eigenvalue weighted by molar-refractivity contribution is 5.79. The monoisotopic (exact) mass is 399 g/mol. The van der Waals surface area contributed by atoms with E-state index in [0.29, 0.717) is 12.4 Å². The number of likely N-dealkylation sites (tertiary alicyclic amines) is 1. The number of unbranched alkanes of at least 4 members (excludes halogenated alkanes) is 1. The summed E-state index contributed by atoms with van der Waals surface area (Å²) in [4.78, 5) is 19.1. The molecule has 1 amide bonds. The molecule has 5 nitrogen and oxygen atoms in total. The minimum Gasteiger partial charge on any atom is -0.493 e. The van der Waals surface area contributed by atoms with Crippen molar-refractivity contribution in [1.29, 1.82) is 0 Å². The zero-order chi connectivity index (χ0) is 20.5. The van der Waals surface area contributed by atoms with Gasteiger partial charge >= 0.3 is 0 Å². The highest BCUT2D eigenvalue weighted by atomic mass is 19.1. The number of aromatic nitrogens is 1. The molecule has 0 saturated carbocycles. The summed E-state index contributed by atoms with van der Waals surface area (Å²) in [6.07, 6.45) is 6.41. The smallest absolute Gasteiger partial charge is 0.224 e. The fraction of sp³-hybridized carbons (Fsp3) is 0.478. The first kappa shape index (κ1) is 21.2. The van der Waals surface area contributed by atoms with Crippen LogP contribution in [-0.4, -0.2) is 42.0 Å². The van der Waals surface area contributed by atoms with Crippen LogP contribution in [0.2, 0.25) is 0 Å². The lowest BCUT2D eigenvalue weighted by atomic mass is 9.88. The van der Waals surface area contributed by atoms with Crippen molar-refractivity contribution < 1.29 is 13.9 Å². The second kappa shape index (κ2) is 10.9. The summed E-state index contributed by atoms with van der Waals surface area (Å²) in [6, 6.07) is 10.2. The van der Waals surface area contributed by atoms with Crippen LogP contribution in [0.1, 0.15) is 31.7 Å². The minimum atomic E-state index is -0.307. The van der Waals surface area contributed by atoms with Crippen molar-refractivity contribution in [3.05, 3.63) is 60.2 Å². The quantitative estimate of drug-likeness (QED) is 0.654. The Bertz CT molecular complexity index is 772. The van der Waals surface area contributed by atoms with Crippen LogP contribution in [0.3, 0.4) is 0 Å². The van der Waals surface area contributed by atoms with Crippen LogP contribution in [-0.2, 0) is 11.3 Å². The van der Waals surface area contributed by atoms with Crippen LogP contribution in [0.5, 0.6) is 5.75 Å². The van der Waals surface area contributed by atoms with E-state index in [-0.39, 0.29) is 23.6 Å². The van der Waals surface area contributed by atoms with E-state index >= 15 is 0 Å². The average Bonchev–Trinajstić information content (AvgIpc) is 2.73. The highest BCUT2D eigenvalue weighted by Crippen LogP contribution is 2.25. The van der Waals surface area contributed by atoms with Crippen molar-refractivity contribution in [2.24, 2.45) is 11.8 Å². The van der Waals surface area contributed by atoms with Gasteiger partial charge in [-0.05, 0) is 42.7 Å². The van der Waals surface area contributed by atoms with Gasteiger partial charge in [0.25, 0.3) is 0 Å². The van der Waals surface area contributed by atoms with Crippen LogP contribution in [0.25, 0.3) is 0 Å². The maximum absolute atomic E-state index is 13.4. The highest BCUT2D eigenvalue weighted by Gasteiger charge is 2.32. The van der Waals surface area contributed by atoms with Crippen LogP contribution >= 0.6 is 0 Å². The van der Waals surface area contributed by atoms with Gasteiger partial charge in [-0.15, -0.1) is 0 Å². The lowest BCUT2D eigenvalue weighted by Crippen LogP contribution is -2.47. The molecule has 0 aliphatic carbocycles. The van der Waals surface area contributed by atoms with E-state index in [2.05, 4.69) is 22.1 Å².